The van der Waals surface area contributed by atoms with E-state index in [2.05, 4.69) is 29.3 Å². The number of aryl methyl sites for hydroxylation is 1. The second-order valence-electron chi connectivity index (χ2n) is 6.21. The van der Waals surface area contributed by atoms with Gasteiger partial charge in [-0.15, -0.1) is 11.3 Å². The number of nitrogens with one attached hydrogen (secondary N) is 1. The van der Waals surface area contributed by atoms with Crippen molar-refractivity contribution in [3.63, 3.8) is 0 Å². The highest BCUT2D eigenvalue weighted by atomic mass is 32.1. The highest BCUT2D eigenvalue weighted by Crippen LogP contribution is 2.33. The van der Waals surface area contributed by atoms with E-state index in [4.69, 9.17) is 0 Å². The van der Waals surface area contributed by atoms with Crippen LogP contribution in [0.5, 0.6) is 0 Å². The molecule has 1 aliphatic carbocycles. The fourth-order valence-corrected chi connectivity index (χ4v) is 4.42. The average molecular weight is 292 g/mol. The molecule has 4 heteroatoms. The van der Waals surface area contributed by atoms with Crippen LogP contribution in [0, 0.1) is 12.8 Å². The minimum atomic E-state index is -0.0500. The van der Waals surface area contributed by atoms with Gasteiger partial charge in [0.2, 0.25) is 5.91 Å². The molecule has 3 rings (SSSR count). The third kappa shape index (κ3) is 2.77. The van der Waals surface area contributed by atoms with Crippen LogP contribution in [0.15, 0.2) is 12.1 Å². The summed E-state index contributed by atoms with van der Waals surface area (Å²) < 4.78 is 0. The molecule has 1 saturated carbocycles. The lowest BCUT2D eigenvalue weighted by molar-refractivity contribution is -0.130. The van der Waals surface area contributed by atoms with Gasteiger partial charge in [-0.25, -0.2) is 0 Å². The van der Waals surface area contributed by atoms with Crippen molar-refractivity contribution in [3.8, 4) is 0 Å². The molecule has 0 bridgehead atoms. The van der Waals surface area contributed by atoms with Gasteiger partial charge in [0.1, 0.15) is 6.17 Å². The quantitative estimate of drug-likeness (QED) is 0.922. The topological polar surface area (TPSA) is 32.3 Å². The smallest absolute Gasteiger partial charge is 0.241 e. The minimum absolute atomic E-state index is 0.0500. The van der Waals surface area contributed by atoms with Crippen molar-refractivity contribution in [1.29, 1.82) is 0 Å². The van der Waals surface area contributed by atoms with E-state index in [1.807, 2.05) is 6.92 Å². The van der Waals surface area contributed by atoms with Gasteiger partial charge in [0.15, 0.2) is 0 Å². The Morgan fingerprint density at radius 2 is 2.10 bits per heavy atom. The molecule has 1 aromatic heterocycles. The molecule has 1 aromatic rings. The molecule has 2 aliphatic rings. The number of hydrogen-bond donors (Lipinski definition) is 1. The van der Waals surface area contributed by atoms with Gasteiger partial charge in [-0.2, -0.15) is 0 Å². The summed E-state index contributed by atoms with van der Waals surface area (Å²) in [5.41, 5.74) is 0. The Morgan fingerprint density at radius 3 is 2.75 bits per heavy atom. The standard InChI is InChI=1S/C16H24N2OS/c1-11-7-8-14(20-11)15-17-12(2)16(19)18(15)10-9-13-5-3-4-6-13/h7-8,12-13,15,17H,3-6,9-10H2,1-2H3. The number of nitrogens with zero attached hydrogens (tertiary/aromatic N) is 1. The Morgan fingerprint density at radius 1 is 1.35 bits per heavy atom. The maximum Gasteiger partial charge on any atom is 0.241 e. The summed E-state index contributed by atoms with van der Waals surface area (Å²) in [5.74, 6) is 1.10. The zero-order valence-corrected chi connectivity index (χ0v) is 13.2. The van der Waals surface area contributed by atoms with Crippen LogP contribution >= 0.6 is 11.3 Å². The molecule has 1 aliphatic heterocycles. The maximum absolute atomic E-state index is 12.4. The summed E-state index contributed by atoms with van der Waals surface area (Å²) >= 11 is 1.79. The number of carbonyl (C=O) groups is 1. The second-order valence-corrected chi connectivity index (χ2v) is 7.53. The highest BCUT2D eigenvalue weighted by molar-refractivity contribution is 7.12. The lowest BCUT2D eigenvalue weighted by atomic mass is 10.0. The molecule has 1 saturated heterocycles. The highest BCUT2D eigenvalue weighted by Gasteiger charge is 2.37. The van der Waals surface area contributed by atoms with Gasteiger partial charge in [-0.1, -0.05) is 25.7 Å². The van der Waals surface area contributed by atoms with Crippen LogP contribution in [0.1, 0.15) is 54.9 Å². The van der Waals surface area contributed by atoms with Crippen LogP contribution in [0.3, 0.4) is 0 Å². The van der Waals surface area contributed by atoms with Crippen molar-refractivity contribution in [2.45, 2.75) is 58.2 Å². The van der Waals surface area contributed by atoms with Gasteiger partial charge in [0, 0.05) is 16.3 Å². The fourth-order valence-electron chi connectivity index (χ4n) is 3.47. The summed E-state index contributed by atoms with van der Waals surface area (Å²) in [5, 5.41) is 3.45. The van der Waals surface area contributed by atoms with Gasteiger partial charge in [-0.05, 0) is 38.3 Å². The number of amides is 1. The molecule has 1 amide bonds. The van der Waals surface area contributed by atoms with Crippen molar-refractivity contribution in [2.75, 3.05) is 6.54 Å². The summed E-state index contributed by atoms with van der Waals surface area (Å²) in [4.78, 5) is 17.0. The predicted octanol–water partition coefficient (Wildman–Crippen LogP) is 3.46. The minimum Gasteiger partial charge on any atom is -0.321 e. The van der Waals surface area contributed by atoms with Crippen LogP contribution in [0.2, 0.25) is 0 Å². The van der Waals surface area contributed by atoms with Crippen molar-refractivity contribution in [3.05, 3.63) is 21.9 Å². The Bertz CT molecular complexity index is 479. The van der Waals surface area contributed by atoms with Crippen molar-refractivity contribution in [2.24, 2.45) is 5.92 Å². The zero-order chi connectivity index (χ0) is 14.1. The summed E-state index contributed by atoms with van der Waals surface area (Å²) in [6.45, 7) is 5.01. The van der Waals surface area contributed by atoms with Gasteiger partial charge >= 0.3 is 0 Å². The lowest BCUT2D eigenvalue weighted by Crippen LogP contribution is -2.32. The Hall–Kier alpha value is -0.870. The summed E-state index contributed by atoms with van der Waals surface area (Å²) in [6.07, 6.45) is 6.72. The second kappa shape index (κ2) is 5.86. The van der Waals surface area contributed by atoms with Crippen molar-refractivity contribution in [1.82, 2.24) is 10.2 Å². The molecule has 1 N–H and O–H groups in total. The first-order chi connectivity index (χ1) is 9.65. The van der Waals surface area contributed by atoms with Crippen LogP contribution in [-0.2, 0) is 4.79 Å². The lowest BCUT2D eigenvalue weighted by Gasteiger charge is -2.24. The normalized spacial score (nSPS) is 27.7. The molecular weight excluding hydrogens is 268 g/mol. The molecule has 20 heavy (non-hydrogen) atoms. The molecule has 0 radical (unpaired) electrons. The first-order valence-corrected chi connectivity index (χ1v) is 8.59. The van der Waals surface area contributed by atoms with Crippen LogP contribution in [-0.4, -0.2) is 23.4 Å². The molecule has 3 nitrogen and oxygen atoms in total. The third-order valence-corrected chi connectivity index (χ3v) is 5.71. The van der Waals surface area contributed by atoms with E-state index in [0.29, 0.717) is 0 Å². The first-order valence-electron chi connectivity index (χ1n) is 7.78. The number of thiophene rings is 1. The van der Waals surface area contributed by atoms with Gasteiger partial charge < -0.3 is 4.90 Å². The molecule has 2 heterocycles. The van der Waals surface area contributed by atoms with Crippen molar-refractivity contribution < 1.29 is 4.79 Å². The number of hydrogen-bond acceptors (Lipinski definition) is 3. The Kier molecular flexibility index (Phi) is 4.13. The monoisotopic (exact) mass is 292 g/mol. The van der Waals surface area contributed by atoms with Gasteiger partial charge in [-0.3, -0.25) is 10.1 Å². The summed E-state index contributed by atoms with van der Waals surface area (Å²) in [6, 6.07) is 4.25. The molecule has 0 spiro atoms. The zero-order valence-electron chi connectivity index (χ0n) is 12.4. The fraction of sp³-hybridized carbons (Fsp3) is 0.688. The molecule has 2 unspecified atom stereocenters. The van der Waals surface area contributed by atoms with Crippen LogP contribution < -0.4 is 5.32 Å². The van der Waals surface area contributed by atoms with E-state index >= 15 is 0 Å². The van der Waals surface area contributed by atoms with Crippen molar-refractivity contribution >= 4 is 17.2 Å². The van der Waals surface area contributed by atoms with E-state index in [1.165, 1.54) is 41.9 Å². The van der Waals surface area contributed by atoms with E-state index < -0.39 is 0 Å². The third-order valence-electron chi connectivity index (χ3n) is 4.66. The Labute approximate surface area is 125 Å². The van der Waals surface area contributed by atoms with Gasteiger partial charge in [0.25, 0.3) is 0 Å². The van der Waals surface area contributed by atoms with Crippen LogP contribution in [0.25, 0.3) is 0 Å². The van der Waals surface area contributed by atoms with Crippen LogP contribution in [0.4, 0.5) is 0 Å². The molecule has 2 fully saturated rings. The summed E-state index contributed by atoms with van der Waals surface area (Å²) in [7, 11) is 0. The van der Waals surface area contributed by atoms with E-state index in [-0.39, 0.29) is 18.1 Å². The first kappa shape index (κ1) is 14.1. The number of carbonyl (C=O) groups excluding carboxylic acids is 1. The Balaban J connectivity index is 1.69. The van der Waals surface area contributed by atoms with E-state index in [1.54, 1.807) is 11.3 Å². The molecule has 2 atom stereocenters. The van der Waals surface area contributed by atoms with Gasteiger partial charge in [0.05, 0.1) is 6.04 Å². The van der Waals surface area contributed by atoms with E-state index in [0.717, 1.165) is 12.5 Å². The average Bonchev–Trinajstić information content (AvgIpc) is 3.12. The predicted molar refractivity (Wildman–Crippen MR) is 82.7 cm³/mol. The SMILES string of the molecule is Cc1ccc(C2NC(C)C(=O)N2CCC2CCCC2)s1. The molecular formula is C16H24N2OS. The largest absolute Gasteiger partial charge is 0.321 e. The van der Waals surface area contributed by atoms with E-state index in [9.17, 15) is 4.79 Å². The molecule has 110 valence electrons. The number of rotatable bonds is 4. The molecule has 0 aromatic carbocycles. The maximum atomic E-state index is 12.4.